The number of anilines is 1. The van der Waals surface area contributed by atoms with Gasteiger partial charge in [-0.15, -0.1) is 11.6 Å². The third-order valence-electron chi connectivity index (χ3n) is 3.75. The maximum Gasteiger partial charge on any atom is 0.265 e. The smallest absolute Gasteiger partial charge is 0.265 e. The molecule has 2 aromatic rings. The summed E-state index contributed by atoms with van der Waals surface area (Å²) in [5, 5.41) is 0. The predicted octanol–water partition coefficient (Wildman–Crippen LogP) is 3.14. The van der Waals surface area contributed by atoms with Gasteiger partial charge in [0.2, 0.25) is 0 Å². The summed E-state index contributed by atoms with van der Waals surface area (Å²) in [6, 6.07) is 9.29. The van der Waals surface area contributed by atoms with Crippen LogP contribution in [-0.4, -0.2) is 19.9 Å². The summed E-state index contributed by atoms with van der Waals surface area (Å²) in [6.45, 7) is 2.57. The van der Waals surface area contributed by atoms with Crippen LogP contribution in [0.1, 0.15) is 18.2 Å². The van der Waals surface area contributed by atoms with E-state index in [9.17, 15) is 8.42 Å². The van der Waals surface area contributed by atoms with Crippen molar-refractivity contribution in [3.63, 3.8) is 0 Å². The average Bonchev–Trinajstić information content (AvgIpc) is 2.96. The number of hydrogen-bond donors (Lipinski definition) is 1. The Morgan fingerprint density at radius 3 is 2.86 bits per heavy atom. The molecule has 4 nitrogen and oxygen atoms in total. The SMILES string of the molecule is CC1Cc2ccccc2N(S(=O)(=O)c2c[nH]c(CCl)c2)C1. The lowest BCUT2D eigenvalue weighted by atomic mass is 9.96. The standard InChI is InChI=1S/C15H17ClN2O2S/c1-11-6-12-4-2-3-5-15(12)18(10-11)21(19,20)14-7-13(8-16)17-9-14/h2-5,7,9,11,17H,6,8,10H2,1H3. The van der Waals surface area contributed by atoms with E-state index in [-0.39, 0.29) is 10.8 Å². The molecule has 1 unspecified atom stereocenters. The molecule has 1 aromatic heterocycles. The van der Waals surface area contributed by atoms with Gasteiger partial charge in [0.1, 0.15) is 4.90 Å². The van der Waals surface area contributed by atoms with E-state index < -0.39 is 10.0 Å². The summed E-state index contributed by atoms with van der Waals surface area (Å²) in [4.78, 5) is 3.16. The van der Waals surface area contributed by atoms with Crippen LogP contribution in [0.4, 0.5) is 5.69 Å². The fraction of sp³-hybridized carbons (Fsp3) is 0.333. The molecule has 0 bridgehead atoms. The summed E-state index contributed by atoms with van der Waals surface area (Å²) in [7, 11) is -3.55. The molecule has 0 amide bonds. The van der Waals surface area contributed by atoms with E-state index in [1.807, 2.05) is 24.3 Å². The maximum absolute atomic E-state index is 12.9. The number of halogens is 1. The van der Waals surface area contributed by atoms with Crippen molar-refractivity contribution in [2.24, 2.45) is 5.92 Å². The first-order valence-electron chi connectivity index (χ1n) is 6.86. The predicted molar refractivity (Wildman–Crippen MR) is 84.2 cm³/mol. The van der Waals surface area contributed by atoms with Crippen LogP contribution in [0.15, 0.2) is 41.4 Å². The molecule has 1 aliphatic rings. The van der Waals surface area contributed by atoms with Crippen LogP contribution in [0, 0.1) is 5.92 Å². The van der Waals surface area contributed by atoms with Gasteiger partial charge in [-0.3, -0.25) is 4.31 Å². The molecular formula is C15H17ClN2O2S. The van der Waals surface area contributed by atoms with Crippen molar-refractivity contribution in [2.75, 3.05) is 10.8 Å². The van der Waals surface area contributed by atoms with E-state index in [4.69, 9.17) is 11.6 Å². The van der Waals surface area contributed by atoms with Crippen molar-refractivity contribution in [1.82, 2.24) is 4.98 Å². The molecule has 2 heterocycles. The molecule has 1 N–H and O–H groups in total. The van der Waals surface area contributed by atoms with Crippen molar-refractivity contribution in [1.29, 1.82) is 0 Å². The van der Waals surface area contributed by atoms with Crippen molar-refractivity contribution in [3.05, 3.63) is 47.8 Å². The molecular weight excluding hydrogens is 308 g/mol. The lowest BCUT2D eigenvalue weighted by Crippen LogP contribution is -2.39. The number of para-hydroxylation sites is 1. The van der Waals surface area contributed by atoms with Crippen LogP contribution in [0.5, 0.6) is 0 Å². The molecule has 21 heavy (non-hydrogen) atoms. The Morgan fingerprint density at radius 2 is 2.14 bits per heavy atom. The molecule has 0 spiro atoms. The zero-order valence-electron chi connectivity index (χ0n) is 11.7. The van der Waals surface area contributed by atoms with Gasteiger partial charge in [0.25, 0.3) is 10.0 Å². The van der Waals surface area contributed by atoms with Crippen LogP contribution in [-0.2, 0) is 22.3 Å². The Bertz CT molecular complexity index is 755. The number of aromatic amines is 1. The topological polar surface area (TPSA) is 53.2 Å². The zero-order chi connectivity index (χ0) is 15.0. The molecule has 3 rings (SSSR count). The van der Waals surface area contributed by atoms with Crippen LogP contribution < -0.4 is 4.31 Å². The zero-order valence-corrected chi connectivity index (χ0v) is 13.3. The Labute approximate surface area is 129 Å². The number of aromatic nitrogens is 1. The first-order chi connectivity index (χ1) is 10.0. The highest BCUT2D eigenvalue weighted by Gasteiger charge is 2.32. The van der Waals surface area contributed by atoms with Crippen LogP contribution in [0.25, 0.3) is 0 Å². The number of sulfonamides is 1. The van der Waals surface area contributed by atoms with Gasteiger partial charge >= 0.3 is 0 Å². The second-order valence-electron chi connectivity index (χ2n) is 5.47. The molecule has 0 saturated carbocycles. The number of benzene rings is 1. The molecule has 6 heteroatoms. The lowest BCUT2D eigenvalue weighted by Gasteiger charge is -2.33. The normalized spacial score (nSPS) is 18.6. The van der Waals surface area contributed by atoms with Gasteiger partial charge in [-0.1, -0.05) is 25.1 Å². The second kappa shape index (κ2) is 5.39. The van der Waals surface area contributed by atoms with E-state index in [2.05, 4.69) is 11.9 Å². The highest BCUT2D eigenvalue weighted by Crippen LogP contribution is 2.33. The van der Waals surface area contributed by atoms with Crippen LogP contribution in [0.3, 0.4) is 0 Å². The third-order valence-corrected chi connectivity index (χ3v) is 5.80. The lowest BCUT2D eigenvalue weighted by molar-refractivity contribution is 0.545. The van der Waals surface area contributed by atoms with Crippen LogP contribution in [0.2, 0.25) is 0 Å². The molecule has 0 saturated heterocycles. The van der Waals surface area contributed by atoms with Gasteiger partial charge in [0.15, 0.2) is 0 Å². The first-order valence-corrected chi connectivity index (χ1v) is 8.83. The molecule has 0 fully saturated rings. The van der Waals surface area contributed by atoms with Crippen molar-refractivity contribution in [3.8, 4) is 0 Å². The average molecular weight is 325 g/mol. The minimum atomic E-state index is -3.55. The summed E-state index contributed by atoms with van der Waals surface area (Å²) < 4.78 is 27.3. The molecule has 112 valence electrons. The monoisotopic (exact) mass is 324 g/mol. The van der Waals surface area contributed by atoms with Gasteiger partial charge < -0.3 is 4.98 Å². The van der Waals surface area contributed by atoms with Crippen LogP contribution >= 0.6 is 11.6 Å². The van der Waals surface area contributed by atoms with E-state index in [0.29, 0.717) is 18.2 Å². The molecule has 1 aromatic carbocycles. The number of hydrogen-bond acceptors (Lipinski definition) is 2. The third kappa shape index (κ3) is 2.56. The van der Waals surface area contributed by atoms with Gasteiger partial charge in [-0.05, 0) is 30.0 Å². The Hall–Kier alpha value is -1.46. The van der Waals surface area contributed by atoms with Crippen molar-refractivity contribution >= 4 is 27.3 Å². The maximum atomic E-state index is 12.9. The summed E-state index contributed by atoms with van der Waals surface area (Å²) in [5.41, 5.74) is 2.56. The summed E-state index contributed by atoms with van der Waals surface area (Å²) >= 11 is 5.74. The number of nitrogens with zero attached hydrogens (tertiary/aromatic N) is 1. The minimum absolute atomic E-state index is 0.266. The Balaban J connectivity index is 2.07. The van der Waals surface area contributed by atoms with Gasteiger partial charge in [0, 0.05) is 18.4 Å². The number of rotatable bonds is 3. The molecule has 0 aliphatic carbocycles. The minimum Gasteiger partial charge on any atom is -0.363 e. The summed E-state index contributed by atoms with van der Waals surface area (Å²) in [5.74, 6) is 0.559. The van der Waals surface area contributed by atoms with Gasteiger partial charge in [0.05, 0.1) is 11.6 Å². The number of fused-ring (bicyclic) bond motifs is 1. The fourth-order valence-electron chi connectivity index (χ4n) is 2.75. The molecule has 1 atom stereocenters. The van der Waals surface area contributed by atoms with Gasteiger partial charge in [-0.25, -0.2) is 8.42 Å². The van der Waals surface area contributed by atoms with E-state index in [1.165, 1.54) is 10.5 Å². The first kappa shape index (κ1) is 14.5. The molecule has 1 aliphatic heterocycles. The van der Waals surface area contributed by atoms with Crippen molar-refractivity contribution in [2.45, 2.75) is 24.1 Å². The number of H-pyrrole nitrogens is 1. The fourth-order valence-corrected chi connectivity index (χ4v) is 4.54. The van der Waals surface area contributed by atoms with E-state index in [1.54, 1.807) is 6.07 Å². The van der Waals surface area contributed by atoms with E-state index >= 15 is 0 Å². The number of nitrogens with one attached hydrogen (secondary N) is 1. The van der Waals surface area contributed by atoms with E-state index in [0.717, 1.165) is 17.7 Å². The quantitative estimate of drug-likeness (QED) is 0.882. The summed E-state index contributed by atoms with van der Waals surface area (Å²) in [6.07, 6.45) is 2.41. The highest BCUT2D eigenvalue weighted by molar-refractivity contribution is 7.92. The number of alkyl halides is 1. The Morgan fingerprint density at radius 1 is 1.38 bits per heavy atom. The Kier molecular flexibility index (Phi) is 3.71. The second-order valence-corrected chi connectivity index (χ2v) is 7.60. The van der Waals surface area contributed by atoms with Gasteiger partial charge in [-0.2, -0.15) is 0 Å². The molecule has 0 radical (unpaired) electrons. The largest absolute Gasteiger partial charge is 0.363 e. The highest BCUT2D eigenvalue weighted by atomic mass is 35.5. The van der Waals surface area contributed by atoms with Crippen molar-refractivity contribution < 1.29 is 8.42 Å².